The first-order valence-electron chi connectivity index (χ1n) is 8.68. The van der Waals surface area contributed by atoms with Crippen LogP contribution in [-0.2, 0) is 9.59 Å². The lowest BCUT2D eigenvalue weighted by atomic mass is 9.82. The number of aromatic amines is 1. The number of aromatic nitrogens is 2. The summed E-state index contributed by atoms with van der Waals surface area (Å²) in [5, 5.41) is 1.00. The maximum atomic E-state index is 12.2. The zero-order valence-corrected chi connectivity index (χ0v) is 15.3. The van der Waals surface area contributed by atoms with E-state index < -0.39 is 0 Å². The van der Waals surface area contributed by atoms with Crippen LogP contribution in [0.4, 0.5) is 5.69 Å². The lowest BCUT2D eigenvalue weighted by Gasteiger charge is -2.41. The van der Waals surface area contributed by atoms with Gasteiger partial charge in [-0.1, -0.05) is 20.8 Å². The minimum Gasteiger partial charge on any atom is -0.370 e. The molecular weight excluding hydrogens is 314 g/mol. The first-order valence-corrected chi connectivity index (χ1v) is 8.68. The van der Waals surface area contributed by atoms with Gasteiger partial charge in [0.05, 0.1) is 11.9 Å². The van der Waals surface area contributed by atoms with Crippen LogP contribution >= 0.6 is 0 Å². The Balaban J connectivity index is 1.70. The third-order valence-corrected chi connectivity index (χ3v) is 4.68. The fourth-order valence-electron chi connectivity index (χ4n) is 3.01. The highest BCUT2D eigenvalue weighted by Gasteiger charge is 2.32. The van der Waals surface area contributed by atoms with Gasteiger partial charge < -0.3 is 9.88 Å². The van der Waals surface area contributed by atoms with E-state index in [4.69, 9.17) is 0 Å². The molecule has 1 N–H and O–H groups in total. The summed E-state index contributed by atoms with van der Waals surface area (Å²) in [6, 6.07) is 2.10. The average molecular weight is 339 g/mol. The van der Waals surface area contributed by atoms with Crippen molar-refractivity contribution in [3.8, 4) is 0 Å². The zero-order chi connectivity index (χ0) is 18.2. The van der Waals surface area contributed by atoms with E-state index in [-0.39, 0.29) is 11.2 Å². The number of nitrogens with one attached hydrogen (secondary N) is 1. The molecule has 2 aromatic heterocycles. The highest BCUT2D eigenvalue weighted by molar-refractivity contribution is 5.96. The fraction of sp³-hybridized carbons (Fsp3) is 0.450. The Morgan fingerprint density at radius 3 is 2.72 bits per heavy atom. The molecule has 0 atom stereocenters. The monoisotopic (exact) mass is 339 g/mol. The third kappa shape index (κ3) is 3.81. The smallest absolute Gasteiger partial charge is 0.152 e. The van der Waals surface area contributed by atoms with Crippen LogP contribution in [0.15, 0.2) is 24.5 Å². The molecule has 2 aromatic rings. The fourth-order valence-corrected chi connectivity index (χ4v) is 3.01. The maximum absolute atomic E-state index is 12.2. The van der Waals surface area contributed by atoms with E-state index in [0.717, 1.165) is 35.4 Å². The topological polar surface area (TPSA) is 66.1 Å². The SMILES string of the molecule is CC(=O)/C=C/c1c[nH]c2ncc(N3CC(CC(=O)C(C)(C)C)C3)cc12. The second-order valence-electron chi connectivity index (χ2n) is 7.93. The molecule has 0 amide bonds. The minimum absolute atomic E-state index is 0.0209. The molecule has 1 aliphatic rings. The molecule has 1 saturated heterocycles. The van der Waals surface area contributed by atoms with E-state index in [9.17, 15) is 9.59 Å². The molecule has 132 valence electrons. The van der Waals surface area contributed by atoms with Gasteiger partial charge in [-0.15, -0.1) is 0 Å². The lowest BCUT2D eigenvalue weighted by Crippen LogP contribution is -2.48. The predicted molar refractivity (Wildman–Crippen MR) is 101 cm³/mol. The summed E-state index contributed by atoms with van der Waals surface area (Å²) in [7, 11) is 0. The van der Waals surface area contributed by atoms with Gasteiger partial charge in [0.1, 0.15) is 11.4 Å². The number of hydrogen-bond donors (Lipinski definition) is 1. The molecule has 0 aromatic carbocycles. The van der Waals surface area contributed by atoms with Crippen molar-refractivity contribution in [1.29, 1.82) is 0 Å². The number of carbonyl (C=O) groups is 2. The van der Waals surface area contributed by atoms with E-state index in [0.29, 0.717) is 18.1 Å². The molecule has 1 fully saturated rings. The van der Waals surface area contributed by atoms with Gasteiger partial charge in [0.15, 0.2) is 5.78 Å². The van der Waals surface area contributed by atoms with Gasteiger partial charge in [-0.25, -0.2) is 4.98 Å². The number of fused-ring (bicyclic) bond motifs is 1. The summed E-state index contributed by atoms with van der Waals surface area (Å²) < 4.78 is 0. The van der Waals surface area contributed by atoms with Crippen molar-refractivity contribution in [1.82, 2.24) is 9.97 Å². The molecular formula is C20H25N3O2. The molecule has 0 unspecified atom stereocenters. The molecule has 0 aliphatic carbocycles. The van der Waals surface area contributed by atoms with Crippen LogP contribution in [0, 0.1) is 11.3 Å². The van der Waals surface area contributed by atoms with Crippen LogP contribution in [-0.4, -0.2) is 34.6 Å². The highest BCUT2D eigenvalue weighted by Crippen LogP contribution is 2.31. The molecule has 3 heterocycles. The highest BCUT2D eigenvalue weighted by atomic mass is 16.1. The van der Waals surface area contributed by atoms with Crippen LogP contribution in [0.2, 0.25) is 0 Å². The minimum atomic E-state index is -0.260. The Kier molecular flexibility index (Phi) is 4.50. The number of allylic oxidation sites excluding steroid dienone is 1. The molecule has 0 saturated carbocycles. The Bertz CT molecular complexity index is 836. The maximum Gasteiger partial charge on any atom is 0.152 e. The number of H-pyrrole nitrogens is 1. The van der Waals surface area contributed by atoms with Gasteiger partial charge in [0.2, 0.25) is 0 Å². The number of anilines is 1. The van der Waals surface area contributed by atoms with E-state index >= 15 is 0 Å². The molecule has 1 aliphatic heterocycles. The number of Topliss-reactive ketones (excluding diaryl/α,β-unsaturated/α-hetero) is 1. The summed E-state index contributed by atoms with van der Waals surface area (Å²) in [6.45, 7) is 9.24. The van der Waals surface area contributed by atoms with E-state index in [1.54, 1.807) is 6.08 Å². The second kappa shape index (κ2) is 6.47. The van der Waals surface area contributed by atoms with Crippen LogP contribution in [0.1, 0.15) is 39.7 Å². The van der Waals surface area contributed by atoms with Gasteiger partial charge in [-0.05, 0) is 25.1 Å². The van der Waals surface area contributed by atoms with Crippen molar-refractivity contribution >= 4 is 34.4 Å². The Labute approximate surface area is 148 Å². The standard InChI is InChI=1S/C20H25N3O2/c1-13(24)5-6-15-9-21-19-17(15)8-16(10-22-19)23-11-14(12-23)7-18(25)20(2,3)4/h5-6,8-10,14H,7,11-12H2,1-4H3,(H,21,22)/b6-5+. The van der Waals surface area contributed by atoms with Crippen LogP contribution < -0.4 is 4.90 Å². The average Bonchev–Trinajstić information content (AvgIpc) is 2.89. The molecule has 5 heteroatoms. The molecule has 0 bridgehead atoms. The van der Waals surface area contributed by atoms with E-state index in [1.165, 1.54) is 6.92 Å². The Morgan fingerprint density at radius 2 is 2.08 bits per heavy atom. The van der Waals surface area contributed by atoms with Gasteiger partial charge >= 0.3 is 0 Å². The van der Waals surface area contributed by atoms with Crippen LogP contribution in [0.5, 0.6) is 0 Å². The van der Waals surface area contributed by atoms with Gasteiger partial charge in [-0.2, -0.15) is 0 Å². The largest absolute Gasteiger partial charge is 0.370 e. The van der Waals surface area contributed by atoms with Crippen LogP contribution in [0.3, 0.4) is 0 Å². The van der Waals surface area contributed by atoms with Crippen LogP contribution in [0.25, 0.3) is 17.1 Å². The van der Waals surface area contributed by atoms with Crippen molar-refractivity contribution < 1.29 is 9.59 Å². The summed E-state index contributed by atoms with van der Waals surface area (Å²) in [5.74, 6) is 0.770. The van der Waals surface area contributed by atoms with Gasteiger partial charge in [-0.3, -0.25) is 9.59 Å². The molecule has 0 radical (unpaired) electrons. The van der Waals surface area contributed by atoms with Crippen molar-refractivity contribution in [3.05, 3.63) is 30.1 Å². The van der Waals surface area contributed by atoms with Crippen molar-refractivity contribution in [2.45, 2.75) is 34.1 Å². The first kappa shape index (κ1) is 17.4. The Hall–Kier alpha value is -2.43. The zero-order valence-electron chi connectivity index (χ0n) is 15.3. The summed E-state index contributed by atoms with van der Waals surface area (Å²) in [6.07, 6.45) is 7.74. The summed E-state index contributed by atoms with van der Waals surface area (Å²) in [5.41, 5.74) is 2.57. The number of ketones is 2. The van der Waals surface area contributed by atoms with Crippen molar-refractivity contribution in [2.24, 2.45) is 11.3 Å². The molecule has 0 spiro atoms. The first-order chi connectivity index (χ1) is 11.7. The lowest BCUT2D eigenvalue weighted by molar-refractivity contribution is -0.127. The number of nitrogens with zero attached hydrogens (tertiary/aromatic N) is 2. The van der Waals surface area contributed by atoms with Crippen molar-refractivity contribution in [3.63, 3.8) is 0 Å². The number of hydrogen-bond acceptors (Lipinski definition) is 4. The predicted octanol–water partition coefficient (Wildman–Crippen LogP) is 3.61. The Morgan fingerprint density at radius 1 is 1.36 bits per heavy atom. The van der Waals surface area contributed by atoms with Gasteiger partial charge in [0, 0.05) is 48.0 Å². The number of carbonyl (C=O) groups excluding carboxylic acids is 2. The van der Waals surface area contributed by atoms with Gasteiger partial charge in [0.25, 0.3) is 0 Å². The number of rotatable bonds is 5. The third-order valence-electron chi connectivity index (χ3n) is 4.68. The van der Waals surface area contributed by atoms with Crippen molar-refractivity contribution in [2.75, 3.05) is 18.0 Å². The second-order valence-corrected chi connectivity index (χ2v) is 7.93. The van der Waals surface area contributed by atoms with E-state index in [1.807, 2.05) is 39.2 Å². The van der Waals surface area contributed by atoms with E-state index in [2.05, 4.69) is 20.9 Å². The molecule has 25 heavy (non-hydrogen) atoms. The number of pyridine rings is 1. The normalized spacial score (nSPS) is 15.8. The summed E-state index contributed by atoms with van der Waals surface area (Å²) >= 11 is 0. The quantitative estimate of drug-likeness (QED) is 0.845. The molecule has 3 rings (SSSR count). The summed E-state index contributed by atoms with van der Waals surface area (Å²) in [4.78, 5) is 33.2. The molecule has 5 nitrogen and oxygen atoms in total.